The van der Waals surface area contributed by atoms with Gasteiger partial charge >= 0.3 is 0 Å². The normalized spacial score (nSPS) is 11.5. The summed E-state index contributed by atoms with van der Waals surface area (Å²) in [5.74, 6) is -0.676. The number of hydrogen-bond donors (Lipinski definition) is 2. The first-order chi connectivity index (χ1) is 6.36. The number of nitrogens with two attached hydrogens (primary N) is 1. The molecule has 0 spiro atoms. The Bertz CT molecular complexity index is 345. The monoisotopic (exact) mass is 199 g/mol. The second kappa shape index (κ2) is 3.46. The second-order valence-electron chi connectivity index (χ2n) is 3.73. The molecule has 3 N–H and O–H groups in total. The van der Waals surface area contributed by atoms with E-state index in [4.69, 9.17) is 10.5 Å². The number of halogens is 1. The molecule has 78 valence electrons. The van der Waals surface area contributed by atoms with Crippen LogP contribution in [-0.2, 0) is 5.54 Å². The minimum Gasteiger partial charge on any atom is -0.507 e. The summed E-state index contributed by atoms with van der Waals surface area (Å²) in [6, 6.07) is 2.41. The fraction of sp³-hybridized carbons (Fsp3) is 0.400. The number of methoxy groups -OCH3 is 1. The number of phenols is 1. The minimum absolute atomic E-state index is 0.0799. The number of phenolic OH excluding ortho intramolecular Hbond substituents is 1. The predicted molar refractivity (Wildman–Crippen MR) is 51.8 cm³/mol. The zero-order valence-electron chi connectivity index (χ0n) is 8.47. The van der Waals surface area contributed by atoms with Crippen LogP contribution >= 0.6 is 0 Å². The Morgan fingerprint density at radius 2 is 2.00 bits per heavy atom. The predicted octanol–water partition coefficient (Wildman–Crippen LogP) is 1.73. The molecule has 0 amide bonds. The lowest BCUT2D eigenvalue weighted by Crippen LogP contribution is -2.28. The van der Waals surface area contributed by atoms with Gasteiger partial charge in [-0.1, -0.05) is 0 Å². The third-order valence-corrected chi connectivity index (χ3v) is 1.96. The van der Waals surface area contributed by atoms with Crippen molar-refractivity contribution in [2.24, 2.45) is 5.73 Å². The lowest BCUT2D eigenvalue weighted by atomic mass is 9.94. The van der Waals surface area contributed by atoms with Gasteiger partial charge in [-0.05, 0) is 19.9 Å². The lowest BCUT2D eigenvalue weighted by molar-refractivity contribution is 0.375. The Hall–Kier alpha value is -1.29. The Labute approximate surface area is 82.3 Å². The fourth-order valence-corrected chi connectivity index (χ4v) is 1.22. The van der Waals surface area contributed by atoms with Gasteiger partial charge in [-0.15, -0.1) is 0 Å². The van der Waals surface area contributed by atoms with Crippen molar-refractivity contribution in [1.82, 2.24) is 0 Å². The quantitative estimate of drug-likeness (QED) is 0.762. The maximum absolute atomic E-state index is 13.1. The van der Waals surface area contributed by atoms with Gasteiger partial charge in [0.05, 0.1) is 7.11 Å². The van der Waals surface area contributed by atoms with E-state index in [0.717, 1.165) is 6.07 Å². The Kier molecular flexibility index (Phi) is 2.66. The van der Waals surface area contributed by atoms with E-state index in [0.29, 0.717) is 5.56 Å². The maximum atomic E-state index is 13.1. The minimum atomic E-state index is -0.731. The van der Waals surface area contributed by atoms with Crippen molar-refractivity contribution in [2.45, 2.75) is 19.4 Å². The van der Waals surface area contributed by atoms with Gasteiger partial charge in [-0.3, -0.25) is 0 Å². The first-order valence-electron chi connectivity index (χ1n) is 4.22. The third kappa shape index (κ3) is 1.96. The number of ether oxygens (including phenoxy) is 1. The third-order valence-electron chi connectivity index (χ3n) is 1.96. The summed E-state index contributed by atoms with van der Waals surface area (Å²) < 4.78 is 17.9. The van der Waals surface area contributed by atoms with Crippen molar-refractivity contribution in [2.75, 3.05) is 7.11 Å². The van der Waals surface area contributed by atoms with Gasteiger partial charge in [0.15, 0.2) is 11.6 Å². The summed E-state index contributed by atoms with van der Waals surface area (Å²) in [6.07, 6.45) is 0. The summed E-state index contributed by atoms with van der Waals surface area (Å²) in [4.78, 5) is 0. The van der Waals surface area contributed by atoms with Crippen LogP contribution in [0.25, 0.3) is 0 Å². The molecule has 0 aliphatic rings. The summed E-state index contributed by atoms with van der Waals surface area (Å²) in [5, 5.41) is 9.47. The first-order valence-corrected chi connectivity index (χ1v) is 4.22. The molecule has 1 aromatic carbocycles. The van der Waals surface area contributed by atoms with Crippen LogP contribution in [-0.4, -0.2) is 12.2 Å². The van der Waals surface area contributed by atoms with E-state index in [1.165, 1.54) is 13.2 Å². The molecule has 1 rings (SSSR count). The molecule has 0 aliphatic carbocycles. The summed E-state index contributed by atoms with van der Waals surface area (Å²) in [5.41, 5.74) is 5.52. The van der Waals surface area contributed by atoms with Crippen molar-refractivity contribution >= 4 is 0 Å². The molecular weight excluding hydrogens is 185 g/mol. The molecule has 0 saturated carbocycles. The van der Waals surface area contributed by atoms with E-state index in [1.807, 2.05) is 0 Å². The topological polar surface area (TPSA) is 55.5 Å². The number of rotatable bonds is 2. The van der Waals surface area contributed by atoms with E-state index in [-0.39, 0.29) is 11.5 Å². The Morgan fingerprint density at radius 1 is 1.43 bits per heavy atom. The van der Waals surface area contributed by atoms with Crippen LogP contribution in [0.2, 0.25) is 0 Å². The highest BCUT2D eigenvalue weighted by atomic mass is 19.1. The van der Waals surface area contributed by atoms with Crippen LogP contribution in [0.3, 0.4) is 0 Å². The van der Waals surface area contributed by atoms with Gasteiger partial charge < -0.3 is 15.6 Å². The molecular formula is C10H14FNO2. The van der Waals surface area contributed by atoms with E-state index in [2.05, 4.69) is 0 Å². The molecule has 0 heterocycles. The van der Waals surface area contributed by atoms with Gasteiger partial charge in [0.25, 0.3) is 0 Å². The van der Waals surface area contributed by atoms with Crippen molar-refractivity contribution in [3.8, 4) is 11.5 Å². The molecule has 0 aromatic heterocycles. The molecule has 0 aliphatic heterocycles. The molecule has 0 radical (unpaired) electrons. The summed E-state index contributed by atoms with van der Waals surface area (Å²) in [6.45, 7) is 3.44. The van der Waals surface area contributed by atoms with Crippen LogP contribution in [0.5, 0.6) is 11.5 Å². The summed E-state index contributed by atoms with van der Waals surface area (Å²) >= 11 is 0. The van der Waals surface area contributed by atoms with E-state index < -0.39 is 11.4 Å². The molecule has 0 unspecified atom stereocenters. The molecule has 0 fully saturated rings. The van der Waals surface area contributed by atoms with Gasteiger partial charge in [0, 0.05) is 17.2 Å². The molecule has 4 heteroatoms. The summed E-state index contributed by atoms with van der Waals surface area (Å²) in [7, 11) is 1.36. The zero-order valence-corrected chi connectivity index (χ0v) is 8.47. The van der Waals surface area contributed by atoms with Crippen molar-refractivity contribution in [3.63, 3.8) is 0 Å². The fourth-order valence-electron chi connectivity index (χ4n) is 1.22. The molecule has 0 saturated heterocycles. The van der Waals surface area contributed by atoms with Crippen LogP contribution in [0, 0.1) is 5.82 Å². The molecule has 1 aromatic rings. The highest BCUT2D eigenvalue weighted by Crippen LogP contribution is 2.32. The number of hydrogen-bond acceptors (Lipinski definition) is 3. The van der Waals surface area contributed by atoms with Crippen molar-refractivity contribution < 1.29 is 14.2 Å². The zero-order chi connectivity index (χ0) is 10.9. The number of benzene rings is 1. The van der Waals surface area contributed by atoms with Gasteiger partial charge in [0.1, 0.15) is 5.75 Å². The van der Waals surface area contributed by atoms with E-state index in [1.54, 1.807) is 13.8 Å². The maximum Gasteiger partial charge on any atom is 0.168 e. The van der Waals surface area contributed by atoms with E-state index in [9.17, 15) is 9.50 Å². The van der Waals surface area contributed by atoms with Crippen LogP contribution in [0.1, 0.15) is 19.4 Å². The second-order valence-corrected chi connectivity index (χ2v) is 3.73. The SMILES string of the molecule is COc1cc(C(C)(C)N)c(O)cc1F. The van der Waals surface area contributed by atoms with Crippen LogP contribution in [0.15, 0.2) is 12.1 Å². The Morgan fingerprint density at radius 3 is 2.43 bits per heavy atom. The first kappa shape index (κ1) is 10.8. The van der Waals surface area contributed by atoms with Crippen LogP contribution < -0.4 is 10.5 Å². The number of aromatic hydroxyl groups is 1. The van der Waals surface area contributed by atoms with Crippen molar-refractivity contribution in [3.05, 3.63) is 23.5 Å². The molecule has 3 nitrogen and oxygen atoms in total. The van der Waals surface area contributed by atoms with Gasteiger partial charge in [0.2, 0.25) is 0 Å². The molecule has 0 atom stereocenters. The largest absolute Gasteiger partial charge is 0.507 e. The van der Waals surface area contributed by atoms with Crippen LogP contribution in [0.4, 0.5) is 4.39 Å². The van der Waals surface area contributed by atoms with Gasteiger partial charge in [-0.2, -0.15) is 0 Å². The lowest BCUT2D eigenvalue weighted by Gasteiger charge is -2.21. The standard InChI is InChI=1S/C10H14FNO2/c1-10(2,12)6-4-9(14-3)7(11)5-8(6)13/h4-5,13H,12H2,1-3H3. The average molecular weight is 199 g/mol. The Balaban J connectivity index is 3.32. The highest BCUT2D eigenvalue weighted by molar-refractivity contribution is 5.43. The van der Waals surface area contributed by atoms with E-state index >= 15 is 0 Å². The van der Waals surface area contributed by atoms with Crippen molar-refractivity contribution in [1.29, 1.82) is 0 Å². The van der Waals surface area contributed by atoms with Gasteiger partial charge in [-0.25, -0.2) is 4.39 Å². The average Bonchev–Trinajstić information content (AvgIpc) is 2.02. The smallest absolute Gasteiger partial charge is 0.168 e. The molecule has 0 bridgehead atoms. The molecule has 14 heavy (non-hydrogen) atoms. The highest BCUT2D eigenvalue weighted by Gasteiger charge is 2.21.